The molecule has 10 atom stereocenters. The van der Waals surface area contributed by atoms with E-state index in [-0.39, 0.29) is 33.2 Å². The maximum absolute atomic E-state index is 13.8. The Kier molecular flexibility index (Phi) is 9.45. The number of carboxylic acid groups (broad SMARTS) is 1. The molecule has 1 unspecified atom stereocenters. The van der Waals surface area contributed by atoms with E-state index in [1.54, 1.807) is 12.1 Å². The van der Waals surface area contributed by atoms with E-state index < -0.39 is 5.97 Å². The van der Waals surface area contributed by atoms with Crippen molar-refractivity contribution in [2.75, 3.05) is 34.2 Å². The topological polar surface area (TPSA) is 72.9 Å². The van der Waals surface area contributed by atoms with Crippen LogP contribution in [0.4, 0.5) is 4.79 Å². The monoisotopic (exact) mass is 674 g/mol. The Balaban J connectivity index is 1.27. The minimum atomic E-state index is -0.852. The summed E-state index contributed by atoms with van der Waals surface area (Å²) in [5.74, 6) is 2.42. The van der Waals surface area contributed by atoms with E-state index in [0.717, 1.165) is 45.2 Å². The number of fused-ring (bicyclic) bond motifs is 7. The predicted octanol–water partition coefficient (Wildman–Crippen LogP) is 9.47. The molecule has 0 bridgehead atoms. The summed E-state index contributed by atoms with van der Waals surface area (Å²) in [6.45, 7) is 21.7. The molecule has 5 fully saturated rings. The fourth-order valence-corrected chi connectivity index (χ4v) is 13.9. The summed E-state index contributed by atoms with van der Waals surface area (Å²) in [7, 11) is 6.16. The van der Waals surface area contributed by atoms with Crippen LogP contribution in [0.15, 0.2) is 36.4 Å². The van der Waals surface area contributed by atoms with E-state index in [4.69, 9.17) is 0 Å². The summed E-state index contributed by atoms with van der Waals surface area (Å²) in [5, 5.41) is 13.2. The second kappa shape index (κ2) is 12.7. The fraction of sp³-hybridized carbons (Fsp3) is 0.767. The Morgan fingerprint density at radius 3 is 2.16 bits per heavy atom. The van der Waals surface area contributed by atoms with Crippen molar-refractivity contribution in [2.24, 2.45) is 51.2 Å². The van der Waals surface area contributed by atoms with E-state index in [1.807, 2.05) is 11.9 Å². The van der Waals surface area contributed by atoms with Crippen molar-refractivity contribution in [3.05, 3.63) is 47.5 Å². The number of allylic oxidation sites excluding steroid dienone is 1. The number of rotatable bonds is 8. The standard InChI is InChI=1S/C43H67N3O3/c1-28(2)31-18-23-43(44-38(49)46(10)27-11-26-45(8)9)25-24-41(6)33(36(31)43)16-17-35-40(5)21-19-32(29-12-14-30(15-13-29)37(47)48)39(3,4)34(40)20-22-42(35,41)7/h12-15,31-36H,1,11,16-27H2,2-10H3,(H,44,49)(H,47,48)/t31-,32?,33+,34-,35+,36+,40-,41+,42+,43-/m0/s1. The van der Waals surface area contributed by atoms with Crippen LogP contribution in [-0.2, 0) is 0 Å². The molecule has 0 aliphatic heterocycles. The molecule has 5 aliphatic rings. The molecule has 0 saturated heterocycles. The van der Waals surface area contributed by atoms with Crippen LogP contribution in [-0.4, -0.2) is 66.7 Å². The number of carbonyl (C=O) groups is 2. The number of carboxylic acids is 1. The van der Waals surface area contributed by atoms with Gasteiger partial charge in [0.25, 0.3) is 0 Å². The lowest BCUT2D eigenvalue weighted by Crippen LogP contribution is -2.69. The summed E-state index contributed by atoms with van der Waals surface area (Å²) < 4.78 is 0. The third-order valence-electron chi connectivity index (χ3n) is 16.5. The number of hydrogen-bond donors (Lipinski definition) is 2. The zero-order valence-corrected chi connectivity index (χ0v) is 32.3. The number of carbonyl (C=O) groups excluding carboxylic acids is 1. The number of urea groups is 1. The molecule has 5 saturated carbocycles. The van der Waals surface area contributed by atoms with Gasteiger partial charge in [-0.2, -0.15) is 0 Å². The van der Waals surface area contributed by atoms with Crippen molar-refractivity contribution in [1.29, 1.82) is 0 Å². The van der Waals surface area contributed by atoms with Crippen molar-refractivity contribution in [3.8, 4) is 0 Å². The molecule has 0 spiro atoms. The molecule has 6 heteroatoms. The predicted molar refractivity (Wildman–Crippen MR) is 200 cm³/mol. The minimum Gasteiger partial charge on any atom is -0.478 e. The van der Waals surface area contributed by atoms with E-state index in [0.29, 0.717) is 41.1 Å². The zero-order valence-electron chi connectivity index (χ0n) is 32.3. The third kappa shape index (κ3) is 5.69. The molecule has 0 aromatic heterocycles. The number of amides is 2. The Labute approximate surface area is 297 Å². The van der Waals surface area contributed by atoms with Crippen LogP contribution < -0.4 is 5.32 Å². The van der Waals surface area contributed by atoms with Crippen LogP contribution in [0.1, 0.15) is 134 Å². The smallest absolute Gasteiger partial charge is 0.335 e. The average Bonchev–Trinajstić information content (AvgIpc) is 3.40. The highest BCUT2D eigenvalue weighted by Crippen LogP contribution is 2.77. The van der Waals surface area contributed by atoms with Gasteiger partial charge < -0.3 is 20.2 Å². The van der Waals surface area contributed by atoms with Gasteiger partial charge in [0.1, 0.15) is 0 Å². The lowest BCUT2D eigenvalue weighted by atomic mass is 9.32. The molecule has 1 aromatic carbocycles. The molecule has 6 rings (SSSR count). The first-order valence-electron chi connectivity index (χ1n) is 19.6. The van der Waals surface area contributed by atoms with Gasteiger partial charge in [-0.05, 0) is 173 Å². The number of benzene rings is 1. The molecular formula is C43H67N3O3. The summed E-state index contributed by atoms with van der Waals surface area (Å²) in [6.07, 6.45) is 12.9. The quantitative estimate of drug-likeness (QED) is 0.270. The second-order valence-corrected chi connectivity index (χ2v) is 19.2. The fourth-order valence-electron chi connectivity index (χ4n) is 13.9. The Morgan fingerprint density at radius 2 is 1.53 bits per heavy atom. The van der Waals surface area contributed by atoms with Gasteiger partial charge in [-0.1, -0.05) is 58.9 Å². The molecule has 49 heavy (non-hydrogen) atoms. The molecule has 272 valence electrons. The van der Waals surface area contributed by atoms with Crippen LogP contribution in [0, 0.1) is 51.2 Å². The van der Waals surface area contributed by atoms with Crippen molar-refractivity contribution >= 4 is 12.0 Å². The number of nitrogens with zero attached hydrogens (tertiary/aromatic N) is 2. The van der Waals surface area contributed by atoms with Gasteiger partial charge in [-0.25, -0.2) is 9.59 Å². The molecule has 6 nitrogen and oxygen atoms in total. The van der Waals surface area contributed by atoms with E-state index >= 15 is 0 Å². The van der Waals surface area contributed by atoms with Crippen LogP contribution in [0.2, 0.25) is 0 Å². The Hall–Kier alpha value is -2.34. The normalized spacial score (nSPS) is 40.8. The first kappa shape index (κ1) is 36.5. The van der Waals surface area contributed by atoms with Gasteiger partial charge in [0.15, 0.2) is 0 Å². The molecule has 2 amide bonds. The van der Waals surface area contributed by atoms with Crippen LogP contribution >= 0.6 is 0 Å². The van der Waals surface area contributed by atoms with Gasteiger partial charge in [0, 0.05) is 19.1 Å². The molecule has 5 aliphatic carbocycles. The maximum atomic E-state index is 13.8. The summed E-state index contributed by atoms with van der Waals surface area (Å²) >= 11 is 0. The Morgan fingerprint density at radius 1 is 0.837 bits per heavy atom. The SMILES string of the molecule is C=C(C)[C@@H]1CC[C@]2(NC(=O)N(C)CCCN(C)C)CC[C@]3(C)[C@H](CC[C@@H]4[C@@]5(C)CCC(c6ccc(C(=O)O)cc6)C(C)(C)[C@@H]5CC[C@]43C)[C@@H]12. The number of hydrogen-bond acceptors (Lipinski definition) is 3. The zero-order chi connectivity index (χ0) is 35.7. The average molecular weight is 674 g/mol. The van der Waals surface area contributed by atoms with Gasteiger partial charge in [0.05, 0.1) is 5.56 Å². The van der Waals surface area contributed by atoms with Gasteiger partial charge in [0.2, 0.25) is 0 Å². The molecular weight excluding hydrogens is 606 g/mol. The summed E-state index contributed by atoms with van der Waals surface area (Å²) in [4.78, 5) is 29.5. The van der Waals surface area contributed by atoms with E-state index in [1.165, 1.54) is 49.7 Å². The van der Waals surface area contributed by atoms with Gasteiger partial charge in [-0.3, -0.25) is 0 Å². The number of aromatic carboxylic acids is 1. The van der Waals surface area contributed by atoms with Crippen molar-refractivity contribution in [1.82, 2.24) is 15.1 Å². The van der Waals surface area contributed by atoms with Crippen molar-refractivity contribution in [2.45, 2.75) is 124 Å². The molecule has 0 radical (unpaired) electrons. The maximum Gasteiger partial charge on any atom is 0.335 e. The minimum absolute atomic E-state index is 0.110. The first-order chi connectivity index (χ1) is 22.9. The van der Waals surface area contributed by atoms with Gasteiger partial charge in [-0.15, -0.1) is 0 Å². The Bertz CT molecular complexity index is 1440. The summed E-state index contributed by atoms with van der Waals surface area (Å²) in [6, 6.07) is 7.90. The largest absolute Gasteiger partial charge is 0.478 e. The van der Waals surface area contributed by atoms with Crippen molar-refractivity contribution < 1.29 is 14.7 Å². The van der Waals surface area contributed by atoms with Crippen LogP contribution in [0.25, 0.3) is 0 Å². The highest BCUT2D eigenvalue weighted by Gasteiger charge is 2.71. The summed E-state index contributed by atoms with van der Waals surface area (Å²) in [5.41, 5.74) is 3.76. The van der Waals surface area contributed by atoms with Crippen LogP contribution in [0.5, 0.6) is 0 Å². The molecule has 2 N–H and O–H groups in total. The lowest BCUT2D eigenvalue weighted by molar-refractivity contribution is -0.233. The highest BCUT2D eigenvalue weighted by molar-refractivity contribution is 5.87. The molecule has 0 heterocycles. The third-order valence-corrected chi connectivity index (χ3v) is 16.5. The lowest BCUT2D eigenvalue weighted by Gasteiger charge is -2.73. The first-order valence-corrected chi connectivity index (χ1v) is 19.6. The second-order valence-electron chi connectivity index (χ2n) is 19.2. The number of nitrogens with one attached hydrogen (secondary N) is 1. The van der Waals surface area contributed by atoms with Gasteiger partial charge >= 0.3 is 12.0 Å². The molecule has 1 aromatic rings. The van der Waals surface area contributed by atoms with E-state index in [2.05, 4.69) is 84.6 Å². The van der Waals surface area contributed by atoms with Crippen LogP contribution in [0.3, 0.4) is 0 Å². The van der Waals surface area contributed by atoms with Crippen molar-refractivity contribution in [3.63, 3.8) is 0 Å². The highest BCUT2D eigenvalue weighted by atomic mass is 16.4. The van der Waals surface area contributed by atoms with E-state index in [9.17, 15) is 14.7 Å².